The first-order valence-corrected chi connectivity index (χ1v) is 3.68. The summed E-state index contributed by atoms with van der Waals surface area (Å²) in [6.45, 7) is 0. The fraction of sp³-hybridized carbons (Fsp3) is 0. The average Bonchev–Trinajstić information content (AvgIpc) is 1.82. The zero-order valence-corrected chi connectivity index (χ0v) is 7.21. The predicted molar refractivity (Wildman–Crippen MR) is 44.5 cm³/mol. The molecule has 0 aliphatic carbocycles. The largest absolute Gasteiger partial charge is 0.207 e. The first kappa shape index (κ1) is 8.09. The molecule has 50 valence electrons. The predicted octanol–water partition coefficient (Wildman–Crippen LogP) is 2.04. The van der Waals surface area contributed by atoms with Crippen molar-refractivity contribution in [3.8, 4) is 0 Å². The maximum atomic E-state index is 12.4. The highest BCUT2D eigenvalue weighted by Crippen LogP contribution is 2.20. The van der Waals surface area contributed by atoms with Gasteiger partial charge in [0.1, 0.15) is 13.7 Å². The van der Waals surface area contributed by atoms with E-state index in [1.807, 2.05) is 0 Å². The van der Waals surface area contributed by atoms with Gasteiger partial charge in [0.2, 0.25) is 0 Å². The molecule has 0 aliphatic heterocycles. The van der Waals surface area contributed by atoms with Crippen LogP contribution < -0.4 is 5.46 Å². The maximum Gasteiger partial charge on any atom is 0.123 e. The molecule has 0 fully saturated rings. The average molecular weight is 219 g/mol. The third kappa shape index (κ3) is 1.52. The second-order valence-corrected chi connectivity index (χ2v) is 3.02. The van der Waals surface area contributed by atoms with Crippen LogP contribution in [0.25, 0.3) is 0 Å². The van der Waals surface area contributed by atoms with Gasteiger partial charge in [-0.2, -0.15) is 0 Å². The molecule has 2 radical (unpaired) electrons. The SMILES string of the molecule is [B]c1cc(F)cc(Br)c1Cl. The van der Waals surface area contributed by atoms with Gasteiger partial charge in [-0.3, -0.25) is 0 Å². The van der Waals surface area contributed by atoms with Crippen LogP contribution in [-0.4, -0.2) is 7.85 Å². The summed E-state index contributed by atoms with van der Waals surface area (Å²) in [4.78, 5) is 0. The van der Waals surface area contributed by atoms with E-state index in [0.717, 1.165) is 0 Å². The third-order valence-electron chi connectivity index (χ3n) is 1.02. The van der Waals surface area contributed by atoms with Crippen molar-refractivity contribution in [3.05, 3.63) is 27.4 Å². The van der Waals surface area contributed by atoms with Crippen molar-refractivity contribution in [3.63, 3.8) is 0 Å². The Bertz CT molecular complexity index is 241. The van der Waals surface area contributed by atoms with Gasteiger partial charge in [0.25, 0.3) is 0 Å². The van der Waals surface area contributed by atoms with Gasteiger partial charge in [-0.1, -0.05) is 17.1 Å². The monoisotopic (exact) mass is 218 g/mol. The van der Waals surface area contributed by atoms with Crippen molar-refractivity contribution in [1.82, 2.24) is 0 Å². The van der Waals surface area contributed by atoms with Gasteiger partial charge in [-0.15, -0.1) is 0 Å². The molecular weight excluding hydrogens is 217 g/mol. The van der Waals surface area contributed by atoms with Crippen LogP contribution in [0.1, 0.15) is 0 Å². The molecule has 0 unspecified atom stereocenters. The normalized spacial score (nSPS) is 9.90. The van der Waals surface area contributed by atoms with E-state index in [4.69, 9.17) is 19.4 Å². The zero-order valence-electron chi connectivity index (χ0n) is 4.87. The topological polar surface area (TPSA) is 0 Å². The van der Waals surface area contributed by atoms with E-state index in [1.54, 1.807) is 0 Å². The Morgan fingerprint density at radius 2 is 2.10 bits per heavy atom. The quantitative estimate of drug-likeness (QED) is 0.462. The molecule has 1 rings (SSSR count). The molecule has 0 heterocycles. The van der Waals surface area contributed by atoms with Crippen molar-refractivity contribution < 1.29 is 4.39 Å². The number of benzene rings is 1. The zero-order chi connectivity index (χ0) is 7.72. The standard InChI is InChI=1S/C6H2BBrClF/c7-4-1-3(10)2-5(8)6(4)9/h1-2H. The van der Waals surface area contributed by atoms with Crippen LogP contribution in [0.15, 0.2) is 16.6 Å². The summed E-state index contributed by atoms with van der Waals surface area (Å²) in [5, 5.41) is 0.349. The van der Waals surface area contributed by atoms with Crippen LogP contribution in [0.4, 0.5) is 4.39 Å². The Hall–Kier alpha value is -0.0151. The molecule has 1 aromatic carbocycles. The fourth-order valence-corrected chi connectivity index (χ4v) is 1.13. The Balaban J connectivity index is 3.31. The molecular formula is C6H2BBrClF. The molecule has 0 saturated heterocycles. The van der Waals surface area contributed by atoms with Crippen molar-refractivity contribution in [1.29, 1.82) is 0 Å². The number of halogens is 3. The van der Waals surface area contributed by atoms with Crippen LogP contribution >= 0.6 is 27.5 Å². The van der Waals surface area contributed by atoms with Crippen molar-refractivity contribution in [2.24, 2.45) is 0 Å². The van der Waals surface area contributed by atoms with E-state index < -0.39 is 5.82 Å². The first-order chi connectivity index (χ1) is 4.61. The van der Waals surface area contributed by atoms with Gasteiger partial charge >= 0.3 is 0 Å². The lowest BCUT2D eigenvalue weighted by Gasteiger charge is -1.99. The summed E-state index contributed by atoms with van der Waals surface area (Å²) in [6, 6.07) is 2.44. The van der Waals surface area contributed by atoms with Gasteiger partial charge in [0.05, 0.1) is 0 Å². The molecule has 0 nitrogen and oxygen atoms in total. The van der Waals surface area contributed by atoms with Gasteiger partial charge in [-0.05, 0) is 28.1 Å². The lowest BCUT2D eigenvalue weighted by atomic mass is 9.96. The van der Waals surface area contributed by atoms with Crippen molar-refractivity contribution in [2.45, 2.75) is 0 Å². The lowest BCUT2D eigenvalue weighted by molar-refractivity contribution is 0.628. The lowest BCUT2D eigenvalue weighted by Crippen LogP contribution is -2.04. The molecule has 10 heavy (non-hydrogen) atoms. The number of rotatable bonds is 0. The Morgan fingerprint density at radius 1 is 1.50 bits per heavy atom. The number of hydrogen-bond acceptors (Lipinski definition) is 0. The van der Waals surface area contributed by atoms with E-state index in [2.05, 4.69) is 15.9 Å². The summed E-state index contributed by atoms with van der Waals surface area (Å²) < 4.78 is 12.9. The van der Waals surface area contributed by atoms with Crippen LogP contribution in [0, 0.1) is 5.82 Å². The fourth-order valence-electron chi connectivity index (χ4n) is 0.576. The smallest absolute Gasteiger partial charge is 0.123 e. The van der Waals surface area contributed by atoms with E-state index in [-0.39, 0.29) is 5.46 Å². The molecule has 0 bridgehead atoms. The van der Waals surface area contributed by atoms with E-state index in [1.165, 1.54) is 12.1 Å². The Kier molecular flexibility index (Phi) is 2.37. The highest BCUT2D eigenvalue weighted by atomic mass is 79.9. The number of hydrogen-bond donors (Lipinski definition) is 0. The minimum Gasteiger partial charge on any atom is -0.207 e. The molecule has 4 heteroatoms. The Labute approximate surface area is 72.9 Å². The highest BCUT2D eigenvalue weighted by Gasteiger charge is 2.01. The molecule has 0 N–H and O–H groups in total. The minimum absolute atomic E-state index is 0.244. The Morgan fingerprint density at radius 3 is 2.60 bits per heavy atom. The summed E-state index contributed by atoms with van der Waals surface area (Å²) in [7, 11) is 5.32. The van der Waals surface area contributed by atoms with E-state index in [0.29, 0.717) is 9.50 Å². The second kappa shape index (κ2) is 2.93. The third-order valence-corrected chi connectivity index (χ3v) is 2.30. The molecule has 0 amide bonds. The first-order valence-electron chi connectivity index (χ1n) is 2.51. The van der Waals surface area contributed by atoms with E-state index in [9.17, 15) is 4.39 Å². The molecule has 1 aromatic rings. The van der Waals surface area contributed by atoms with E-state index >= 15 is 0 Å². The van der Waals surface area contributed by atoms with Gasteiger partial charge in [0.15, 0.2) is 0 Å². The van der Waals surface area contributed by atoms with Gasteiger partial charge in [-0.25, -0.2) is 4.39 Å². The van der Waals surface area contributed by atoms with Crippen LogP contribution in [0.5, 0.6) is 0 Å². The maximum absolute atomic E-state index is 12.4. The second-order valence-electron chi connectivity index (χ2n) is 1.79. The summed E-state index contributed by atoms with van der Waals surface area (Å²) in [5.74, 6) is -0.395. The summed E-state index contributed by atoms with van der Waals surface area (Å²) in [6.07, 6.45) is 0. The van der Waals surface area contributed by atoms with Gasteiger partial charge < -0.3 is 0 Å². The van der Waals surface area contributed by atoms with Crippen LogP contribution in [-0.2, 0) is 0 Å². The molecule has 0 spiro atoms. The highest BCUT2D eigenvalue weighted by molar-refractivity contribution is 9.10. The minimum atomic E-state index is -0.395. The molecule has 0 atom stereocenters. The van der Waals surface area contributed by atoms with Crippen LogP contribution in [0.3, 0.4) is 0 Å². The molecule has 0 saturated carbocycles. The van der Waals surface area contributed by atoms with Crippen molar-refractivity contribution >= 4 is 40.8 Å². The van der Waals surface area contributed by atoms with Crippen molar-refractivity contribution in [2.75, 3.05) is 0 Å². The van der Waals surface area contributed by atoms with Gasteiger partial charge in [0, 0.05) is 9.50 Å². The summed E-state index contributed by atoms with van der Waals surface area (Å²) in [5.41, 5.74) is 0.244. The summed E-state index contributed by atoms with van der Waals surface area (Å²) >= 11 is 8.66. The molecule has 0 aliphatic rings. The molecule has 0 aromatic heterocycles. The van der Waals surface area contributed by atoms with Crippen LogP contribution in [0.2, 0.25) is 5.02 Å².